The average molecular weight is 294 g/mol. The van der Waals surface area contributed by atoms with Crippen molar-refractivity contribution in [2.24, 2.45) is 0 Å². The highest BCUT2D eigenvalue weighted by Gasteiger charge is 2.39. The Hall–Kier alpha value is -1.43. The lowest BCUT2D eigenvalue weighted by Crippen LogP contribution is -2.60. The molecule has 0 bridgehead atoms. The average Bonchev–Trinajstić information content (AvgIpc) is 2.86. The van der Waals surface area contributed by atoms with Gasteiger partial charge in [-0.15, -0.1) is 0 Å². The summed E-state index contributed by atoms with van der Waals surface area (Å²) < 4.78 is 5.24. The van der Waals surface area contributed by atoms with Crippen LogP contribution in [0.15, 0.2) is 28.8 Å². The summed E-state index contributed by atoms with van der Waals surface area (Å²) in [4.78, 5) is 6.46. The Balaban J connectivity index is 1.64. The monoisotopic (exact) mass is 293 g/mol. The second-order valence-corrected chi connectivity index (χ2v) is 5.68. The van der Waals surface area contributed by atoms with Crippen molar-refractivity contribution in [2.75, 3.05) is 13.1 Å². The van der Waals surface area contributed by atoms with E-state index in [9.17, 15) is 5.11 Å². The number of halogens is 1. The fraction of sp³-hybridized carbons (Fsp3) is 0.429. The summed E-state index contributed by atoms with van der Waals surface area (Å²) in [6.45, 7) is 3.91. The minimum atomic E-state index is -0.539. The van der Waals surface area contributed by atoms with Crippen LogP contribution in [0.2, 0.25) is 5.02 Å². The van der Waals surface area contributed by atoms with E-state index >= 15 is 0 Å². The smallest absolute Gasteiger partial charge is 0.257 e. The van der Waals surface area contributed by atoms with Crippen molar-refractivity contribution >= 4 is 11.6 Å². The Kier molecular flexibility index (Phi) is 3.50. The number of hydrogen-bond donors (Lipinski definition) is 1. The first-order valence-electron chi connectivity index (χ1n) is 6.61. The molecule has 0 aliphatic carbocycles. The first-order chi connectivity index (χ1) is 9.58. The number of likely N-dealkylation sites (tertiary alicyclic amines) is 1. The summed E-state index contributed by atoms with van der Waals surface area (Å²) in [5.74, 6) is 1.12. The predicted octanol–water partition coefficient (Wildman–Crippen LogP) is 2.35. The Morgan fingerprint density at radius 2 is 2.05 bits per heavy atom. The summed E-state index contributed by atoms with van der Waals surface area (Å²) in [7, 11) is 0. The molecule has 0 unspecified atom stereocenters. The number of aromatic nitrogens is 2. The third-order valence-corrected chi connectivity index (χ3v) is 3.87. The first-order valence-corrected chi connectivity index (χ1v) is 6.99. The molecular weight excluding hydrogens is 278 g/mol. The van der Waals surface area contributed by atoms with Crippen LogP contribution in [-0.4, -0.2) is 38.8 Å². The SMILES string of the molecule is CCC1(O)CN(Cc2noc(-c3ccc(Cl)cc3)n2)C1. The Bertz CT molecular complexity index is 591. The van der Waals surface area contributed by atoms with E-state index in [0.717, 1.165) is 12.0 Å². The summed E-state index contributed by atoms with van der Waals surface area (Å²) in [5.41, 5.74) is 0.310. The molecule has 2 aromatic rings. The fourth-order valence-corrected chi connectivity index (χ4v) is 2.48. The Morgan fingerprint density at radius 3 is 2.70 bits per heavy atom. The molecule has 1 fully saturated rings. The maximum Gasteiger partial charge on any atom is 0.257 e. The standard InChI is InChI=1S/C14H16ClN3O2/c1-2-14(19)8-18(9-14)7-12-16-13(20-17-12)10-3-5-11(15)6-4-10/h3-6,19H,2,7-9H2,1H3. The zero-order chi connectivity index (χ0) is 14.2. The second kappa shape index (κ2) is 5.16. The Labute approximate surface area is 122 Å². The van der Waals surface area contributed by atoms with Gasteiger partial charge in [-0.2, -0.15) is 4.98 Å². The summed E-state index contributed by atoms with van der Waals surface area (Å²) in [6.07, 6.45) is 0.770. The molecule has 1 aromatic carbocycles. The number of β-amino-alcohol motifs (C(OH)–C–C–N with tert-alkyl or cyclic N) is 1. The number of aliphatic hydroxyl groups is 1. The van der Waals surface area contributed by atoms with E-state index in [1.54, 1.807) is 12.1 Å². The molecule has 3 rings (SSSR count). The fourth-order valence-electron chi connectivity index (χ4n) is 2.35. The van der Waals surface area contributed by atoms with Gasteiger partial charge in [0.25, 0.3) is 5.89 Å². The quantitative estimate of drug-likeness (QED) is 0.937. The van der Waals surface area contributed by atoms with Crippen molar-refractivity contribution < 1.29 is 9.63 Å². The number of rotatable bonds is 4. The minimum Gasteiger partial charge on any atom is -0.387 e. The van der Waals surface area contributed by atoms with Crippen molar-refractivity contribution in [3.05, 3.63) is 35.1 Å². The van der Waals surface area contributed by atoms with E-state index in [4.69, 9.17) is 16.1 Å². The molecule has 1 aliphatic rings. The molecule has 1 aliphatic heterocycles. The van der Waals surface area contributed by atoms with E-state index < -0.39 is 5.60 Å². The molecule has 20 heavy (non-hydrogen) atoms. The Morgan fingerprint density at radius 1 is 1.35 bits per heavy atom. The minimum absolute atomic E-state index is 0.489. The molecule has 5 nitrogen and oxygen atoms in total. The van der Waals surface area contributed by atoms with E-state index in [1.165, 1.54) is 0 Å². The van der Waals surface area contributed by atoms with Crippen LogP contribution in [0.1, 0.15) is 19.2 Å². The van der Waals surface area contributed by atoms with Crippen molar-refractivity contribution in [3.63, 3.8) is 0 Å². The summed E-state index contributed by atoms with van der Waals surface area (Å²) >= 11 is 5.84. The number of hydrogen-bond acceptors (Lipinski definition) is 5. The van der Waals surface area contributed by atoms with Gasteiger partial charge in [0, 0.05) is 23.7 Å². The van der Waals surface area contributed by atoms with Crippen molar-refractivity contribution in [1.82, 2.24) is 15.0 Å². The van der Waals surface area contributed by atoms with Crippen LogP contribution in [0.25, 0.3) is 11.5 Å². The van der Waals surface area contributed by atoms with Gasteiger partial charge in [0.1, 0.15) is 0 Å². The highest BCUT2D eigenvalue weighted by molar-refractivity contribution is 6.30. The third kappa shape index (κ3) is 2.70. The van der Waals surface area contributed by atoms with E-state index in [-0.39, 0.29) is 0 Å². The van der Waals surface area contributed by atoms with Gasteiger partial charge in [-0.25, -0.2) is 0 Å². The molecule has 106 valence electrons. The molecule has 0 amide bonds. The molecular formula is C14H16ClN3O2. The molecule has 0 saturated carbocycles. The largest absolute Gasteiger partial charge is 0.387 e. The van der Waals surface area contributed by atoms with Crippen LogP contribution in [0.5, 0.6) is 0 Å². The van der Waals surface area contributed by atoms with Gasteiger partial charge < -0.3 is 9.63 Å². The van der Waals surface area contributed by atoms with E-state index in [2.05, 4.69) is 15.0 Å². The molecule has 0 radical (unpaired) electrons. The zero-order valence-electron chi connectivity index (χ0n) is 11.2. The van der Waals surface area contributed by atoms with Gasteiger partial charge in [-0.1, -0.05) is 23.7 Å². The van der Waals surface area contributed by atoms with Gasteiger partial charge in [0.2, 0.25) is 0 Å². The number of benzene rings is 1. The van der Waals surface area contributed by atoms with Gasteiger partial charge in [0.05, 0.1) is 12.1 Å². The highest BCUT2D eigenvalue weighted by atomic mass is 35.5. The second-order valence-electron chi connectivity index (χ2n) is 5.25. The molecule has 0 atom stereocenters. The van der Waals surface area contributed by atoms with Gasteiger partial charge in [-0.05, 0) is 30.7 Å². The van der Waals surface area contributed by atoms with E-state index in [1.807, 2.05) is 19.1 Å². The predicted molar refractivity (Wildman–Crippen MR) is 75.3 cm³/mol. The van der Waals surface area contributed by atoms with Crippen LogP contribution >= 0.6 is 11.6 Å². The first kappa shape index (κ1) is 13.5. The lowest BCUT2D eigenvalue weighted by molar-refractivity contribution is -0.104. The summed E-state index contributed by atoms with van der Waals surface area (Å²) in [6, 6.07) is 7.27. The molecule has 1 aromatic heterocycles. The lowest BCUT2D eigenvalue weighted by Gasteiger charge is -2.45. The highest BCUT2D eigenvalue weighted by Crippen LogP contribution is 2.26. The van der Waals surface area contributed by atoms with Gasteiger partial charge in [0.15, 0.2) is 5.82 Å². The molecule has 2 heterocycles. The summed E-state index contributed by atoms with van der Waals surface area (Å²) in [5, 5.41) is 14.6. The topological polar surface area (TPSA) is 62.4 Å². The molecule has 0 spiro atoms. The molecule has 1 N–H and O–H groups in total. The lowest BCUT2D eigenvalue weighted by atomic mass is 9.91. The third-order valence-electron chi connectivity index (χ3n) is 3.62. The van der Waals surface area contributed by atoms with Crippen LogP contribution in [-0.2, 0) is 6.54 Å². The number of nitrogens with zero attached hydrogens (tertiary/aromatic N) is 3. The van der Waals surface area contributed by atoms with Gasteiger partial charge in [-0.3, -0.25) is 4.90 Å². The van der Waals surface area contributed by atoms with Crippen molar-refractivity contribution in [3.8, 4) is 11.5 Å². The molecule has 6 heteroatoms. The van der Waals surface area contributed by atoms with Crippen LogP contribution in [0, 0.1) is 0 Å². The maximum absolute atomic E-state index is 9.96. The zero-order valence-corrected chi connectivity index (χ0v) is 12.0. The van der Waals surface area contributed by atoms with Gasteiger partial charge >= 0.3 is 0 Å². The van der Waals surface area contributed by atoms with Crippen LogP contribution in [0.3, 0.4) is 0 Å². The van der Waals surface area contributed by atoms with Crippen molar-refractivity contribution in [1.29, 1.82) is 0 Å². The van der Waals surface area contributed by atoms with Crippen LogP contribution in [0.4, 0.5) is 0 Å². The maximum atomic E-state index is 9.96. The van der Waals surface area contributed by atoms with Crippen LogP contribution < -0.4 is 0 Å². The molecule has 1 saturated heterocycles. The normalized spacial score (nSPS) is 17.9. The van der Waals surface area contributed by atoms with Crippen molar-refractivity contribution in [2.45, 2.75) is 25.5 Å². The van der Waals surface area contributed by atoms with E-state index in [0.29, 0.717) is 36.4 Å².